The zero-order valence-electron chi connectivity index (χ0n) is 21.8. The normalized spacial score (nSPS) is 15.0. The first kappa shape index (κ1) is 25.8. The predicted molar refractivity (Wildman–Crippen MR) is 139 cm³/mol. The van der Waals surface area contributed by atoms with Crippen LogP contribution in [-0.2, 0) is 4.74 Å². The van der Waals surface area contributed by atoms with Gasteiger partial charge in [-0.05, 0) is 68.1 Å². The van der Waals surface area contributed by atoms with E-state index in [1.54, 1.807) is 12.0 Å². The standard InChI is InChI=1S/C29H35NO6/c1-6-8-9-13-35-22-11-10-20(17-24(22)34-7-2)26-25-27(31)21-15-18(3)19(4)16-23(21)36-28(25)29(32)30(26)12-14-33-5/h10-11,15-17,26H,6-9,12-14H2,1-5H3. The fourth-order valence-corrected chi connectivity index (χ4v) is 4.66. The molecule has 1 aromatic heterocycles. The molecule has 0 saturated carbocycles. The van der Waals surface area contributed by atoms with Crippen LogP contribution in [0.3, 0.4) is 0 Å². The number of hydrogen-bond acceptors (Lipinski definition) is 6. The number of fused-ring (bicyclic) bond motifs is 2. The van der Waals surface area contributed by atoms with E-state index in [-0.39, 0.29) is 17.1 Å². The van der Waals surface area contributed by atoms with Crippen LogP contribution in [0, 0.1) is 13.8 Å². The Kier molecular flexibility index (Phi) is 7.99. The quantitative estimate of drug-likeness (QED) is 0.325. The van der Waals surface area contributed by atoms with Crippen LogP contribution in [0.2, 0.25) is 0 Å². The van der Waals surface area contributed by atoms with Crippen molar-refractivity contribution >= 4 is 16.9 Å². The van der Waals surface area contributed by atoms with Gasteiger partial charge in [-0.2, -0.15) is 0 Å². The highest BCUT2D eigenvalue weighted by molar-refractivity contribution is 5.99. The Hall–Kier alpha value is -3.32. The lowest BCUT2D eigenvalue weighted by atomic mass is 9.97. The highest BCUT2D eigenvalue weighted by atomic mass is 16.5. The first-order chi connectivity index (χ1) is 17.4. The molecule has 4 rings (SSSR count). The van der Waals surface area contributed by atoms with Crippen LogP contribution in [0.1, 0.15) is 72.0 Å². The third kappa shape index (κ3) is 4.85. The van der Waals surface area contributed by atoms with E-state index in [4.69, 9.17) is 18.6 Å². The van der Waals surface area contributed by atoms with E-state index in [1.807, 2.05) is 51.1 Å². The van der Waals surface area contributed by atoms with Crippen molar-refractivity contribution in [3.05, 3.63) is 68.6 Å². The zero-order chi connectivity index (χ0) is 25.8. The molecule has 7 nitrogen and oxygen atoms in total. The van der Waals surface area contributed by atoms with Crippen LogP contribution < -0.4 is 14.9 Å². The summed E-state index contributed by atoms with van der Waals surface area (Å²) in [6.07, 6.45) is 3.18. The fraction of sp³-hybridized carbons (Fsp3) is 0.448. The molecule has 192 valence electrons. The van der Waals surface area contributed by atoms with Gasteiger partial charge in [-0.15, -0.1) is 0 Å². The van der Waals surface area contributed by atoms with Crippen molar-refractivity contribution in [3.63, 3.8) is 0 Å². The fourth-order valence-electron chi connectivity index (χ4n) is 4.66. The van der Waals surface area contributed by atoms with Crippen LogP contribution in [0.4, 0.5) is 0 Å². The molecule has 1 aliphatic rings. The number of ether oxygens (including phenoxy) is 3. The van der Waals surface area contributed by atoms with E-state index in [9.17, 15) is 9.59 Å². The van der Waals surface area contributed by atoms with Crippen molar-refractivity contribution in [1.82, 2.24) is 4.90 Å². The first-order valence-electron chi connectivity index (χ1n) is 12.7. The van der Waals surface area contributed by atoms with Gasteiger partial charge in [-0.3, -0.25) is 9.59 Å². The van der Waals surface area contributed by atoms with Gasteiger partial charge in [-0.1, -0.05) is 25.8 Å². The molecule has 7 heteroatoms. The molecule has 0 N–H and O–H groups in total. The van der Waals surface area contributed by atoms with Gasteiger partial charge in [0.05, 0.1) is 36.8 Å². The van der Waals surface area contributed by atoms with Crippen LogP contribution in [0.15, 0.2) is 39.5 Å². The zero-order valence-corrected chi connectivity index (χ0v) is 21.8. The summed E-state index contributed by atoms with van der Waals surface area (Å²) in [5.41, 5.74) is 3.34. The minimum Gasteiger partial charge on any atom is -0.490 e. The number of methoxy groups -OCH3 is 1. The van der Waals surface area contributed by atoms with Crippen LogP contribution in [0.5, 0.6) is 11.5 Å². The predicted octanol–water partition coefficient (Wildman–Crippen LogP) is 5.57. The summed E-state index contributed by atoms with van der Waals surface area (Å²) < 4.78 is 23.2. The maximum absolute atomic E-state index is 13.8. The van der Waals surface area contributed by atoms with Gasteiger partial charge in [0, 0.05) is 13.7 Å². The molecule has 1 unspecified atom stereocenters. The lowest BCUT2D eigenvalue weighted by molar-refractivity contribution is 0.0663. The number of rotatable bonds is 11. The monoisotopic (exact) mass is 493 g/mol. The third-order valence-electron chi connectivity index (χ3n) is 6.71. The van der Waals surface area contributed by atoms with E-state index in [2.05, 4.69) is 6.92 Å². The van der Waals surface area contributed by atoms with Gasteiger partial charge in [0.25, 0.3) is 5.91 Å². The van der Waals surface area contributed by atoms with Gasteiger partial charge < -0.3 is 23.5 Å². The molecular formula is C29H35NO6. The van der Waals surface area contributed by atoms with E-state index >= 15 is 0 Å². The van der Waals surface area contributed by atoms with E-state index in [0.717, 1.165) is 36.0 Å². The molecule has 1 atom stereocenters. The average molecular weight is 494 g/mol. The second kappa shape index (κ2) is 11.2. The van der Waals surface area contributed by atoms with Crippen molar-refractivity contribution in [2.75, 3.05) is 33.5 Å². The Balaban J connectivity index is 1.83. The number of hydrogen-bond donors (Lipinski definition) is 0. The van der Waals surface area contributed by atoms with Gasteiger partial charge in [-0.25, -0.2) is 0 Å². The topological polar surface area (TPSA) is 78.2 Å². The second-order valence-corrected chi connectivity index (χ2v) is 9.20. The van der Waals surface area contributed by atoms with Gasteiger partial charge >= 0.3 is 0 Å². The highest BCUT2D eigenvalue weighted by Crippen LogP contribution is 2.41. The number of carbonyl (C=O) groups excluding carboxylic acids is 1. The number of amides is 1. The number of nitrogens with zero attached hydrogens (tertiary/aromatic N) is 1. The third-order valence-corrected chi connectivity index (χ3v) is 6.71. The molecule has 3 aromatic rings. The number of carbonyl (C=O) groups is 1. The van der Waals surface area contributed by atoms with Crippen molar-refractivity contribution in [1.29, 1.82) is 0 Å². The average Bonchev–Trinajstić information content (AvgIpc) is 3.14. The second-order valence-electron chi connectivity index (χ2n) is 9.20. The SMILES string of the molecule is CCCCCOc1ccc(C2c3c(oc4cc(C)c(C)cc4c3=O)C(=O)N2CCOC)cc1OCC. The maximum atomic E-state index is 13.8. The van der Waals surface area contributed by atoms with Crippen LogP contribution in [-0.4, -0.2) is 44.3 Å². The lowest BCUT2D eigenvalue weighted by Gasteiger charge is -2.25. The summed E-state index contributed by atoms with van der Waals surface area (Å²) in [5, 5.41) is 0.476. The van der Waals surface area contributed by atoms with Crippen molar-refractivity contribution in [2.24, 2.45) is 0 Å². The maximum Gasteiger partial charge on any atom is 0.290 e. The van der Waals surface area contributed by atoms with Gasteiger partial charge in [0.1, 0.15) is 5.58 Å². The largest absolute Gasteiger partial charge is 0.490 e. The van der Waals surface area contributed by atoms with Crippen LogP contribution in [0.25, 0.3) is 11.0 Å². The smallest absolute Gasteiger partial charge is 0.290 e. The van der Waals surface area contributed by atoms with Gasteiger partial charge in [0.15, 0.2) is 16.9 Å². The Bertz CT molecular complexity index is 1310. The van der Waals surface area contributed by atoms with Crippen molar-refractivity contribution in [3.8, 4) is 11.5 Å². The summed E-state index contributed by atoms with van der Waals surface area (Å²) in [4.78, 5) is 28.9. The molecule has 1 aliphatic heterocycles. The molecular weight excluding hydrogens is 458 g/mol. The number of unbranched alkanes of at least 4 members (excludes halogenated alkanes) is 2. The molecule has 0 radical (unpaired) electrons. The summed E-state index contributed by atoms with van der Waals surface area (Å²) in [5.74, 6) is 1.02. The van der Waals surface area contributed by atoms with E-state index in [1.165, 1.54) is 0 Å². The first-order valence-corrected chi connectivity index (χ1v) is 12.7. The molecule has 0 aliphatic carbocycles. The number of benzene rings is 2. The Morgan fingerprint density at radius 3 is 2.44 bits per heavy atom. The molecule has 0 saturated heterocycles. The molecule has 0 bridgehead atoms. The summed E-state index contributed by atoms with van der Waals surface area (Å²) in [6.45, 7) is 9.70. The minimum absolute atomic E-state index is 0.0923. The summed E-state index contributed by atoms with van der Waals surface area (Å²) in [6, 6.07) is 8.68. The Labute approximate surface area is 212 Å². The van der Waals surface area contributed by atoms with E-state index in [0.29, 0.717) is 54.4 Å². The highest BCUT2D eigenvalue weighted by Gasteiger charge is 2.42. The van der Waals surface area contributed by atoms with Crippen LogP contribution >= 0.6 is 0 Å². The summed E-state index contributed by atoms with van der Waals surface area (Å²) in [7, 11) is 1.59. The molecule has 1 amide bonds. The van der Waals surface area contributed by atoms with E-state index < -0.39 is 6.04 Å². The Morgan fingerprint density at radius 1 is 0.944 bits per heavy atom. The molecule has 2 heterocycles. The van der Waals surface area contributed by atoms with Gasteiger partial charge in [0.2, 0.25) is 5.76 Å². The molecule has 0 fully saturated rings. The minimum atomic E-state index is -0.613. The molecule has 0 spiro atoms. The van der Waals surface area contributed by atoms with Crippen molar-refractivity contribution in [2.45, 2.75) is 53.0 Å². The molecule has 36 heavy (non-hydrogen) atoms. The number of aryl methyl sites for hydroxylation is 2. The Morgan fingerprint density at radius 2 is 1.72 bits per heavy atom. The van der Waals surface area contributed by atoms with Crippen molar-refractivity contribution < 1.29 is 23.4 Å². The molecule has 2 aromatic carbocycles. The summed E-state index contributed by atoms with van der Waals surface area (Å²) >= 11 is 0. The lowest BCUT2D eigenvalue weighted by Crippen LogP contribution is -2.32.